The van der Waals surface area contributed by atoms with Crippen molar-refractivity contribution < 1.29 is 4.74 Å². The van der Waals surface area contributed by atoms with Crippen LogP contribution >= 0.6 is 0 Å². The Kier molecular flexibility index (Phi) is 4.48. The number of rotatable bonds is 5. The van der Waals surface area contributed by atoms with Gasteiger partial charge in [0.25, 0.3) is 0 Å². The third-order valence-corrected chi connectivity index (χ3v) is 6.37. The van der Waals surface area contributed by atoms with Crippen molar-refractivity contribution in [2.45, 2.75) is 51.7 Å². The molecule has 0 amide bonds. The Balaban J connectivity index is 1.36. The molecule has 3 aliphatic rings. The minimum atomic E-state index is 0.184. The highest BCUT2D eigenvalue weighted by atomic mass is 16.5. The van der Waals surface area contributed by atoms with E-state index in [1.165, 1.54) is 18.4 Å². The van der Waals surface area contributed by atoms with Gasteiger partial charge >= 0.3 is 0 Å². The predicted molar refractivity (Wildman–Crippen MR) is 102 cm³/mol. The summed E-state index contributed by atoms with van der Waals surface area (Å²) in [6, 6.07) is 11.3. The number of benzene rings is 1. The van der Waals surface area contributed by atoms with Crippen LogP contribution in [0.3, 0.4) is 0 Å². The van der Waals surface area contributed by atoms with Gasteiger partial charge in [-0.15, -0.1) is 0 Å². The molecule has 5 unspecified atom stereocenters. The lowest BCUT2D eigenvalue weighted by Crippen LogP contribution is -2.68. The number of guanidine groups is 1. The highest BCUT2D eigenvalue weighted by molar-refractivity contribution is 5.80. The van der Waals surface area contributed by atoms with Crippen molar-refractivity contribution in [2.24, 2.45) is 22.2 Å². The lowest BCUT2D eigenvalue weighted by atomic mass is 9.57. The van der Waals surface area contributed by atoms with Crippen molar-refractivity contribution >= 4 is 5.96 Å². The van der Waals surface area contributed by atoms with Crippen LogP contribution in [0.25, 0.3) is 0 Å². The van der Waals surface area contributed by atoms with E-state index in [2.05, 4.69) is 61.7 Å². The smallest absolute Gasteiger partial charge is 0.191 e. The first-order valence-electron chi connectivity index (χ1n) is 9.82. The van der Waals surface area contributed by atoms with Crippen molar-refractivity contribution in [1.29, 1.82) is 0 Å². The van der Waals surface area contributed by atoms with Gasteiger partial charge in [-0.1, -0.05) is 44.2 Å². The molecule has 1 heterocycles. The van der Waals surface area contributed by atoms with E-state index in [4.69, 9.17) is 9.73 Å². The second-order valence-electron chi connectivity index (χ2n) is 8.42. The third kappa shape index (κ3) is 3.17. The molecule has 25 heavy (non-hydrogen) atoms. The fourth-order valence-corrected chi connectivity index (χ4v) is 4.85. The van der Waals surface area contributed by atoms with E-state index in [1.807, 2.05) is 0 Å². The third-order valence-electron chi connectivity index (χ3n) is 6.37. The number of nitrogens with zero attached hydrogens (tertiary/aromatic N) is 1. The minimum Gasteiger partial charge on any atom is -0.377 e. The van der Waals surface area contributed by atoms with Crippen LogP contribution in [-0.2, 0) is 4.74 Å². The number of nitrogens with one attached hydrogen (secondary N) is 2. The van der Waals surface area contributed by atoms with Gasteiger partial charge in [0.05, 0.1) is 6.10 Å². The molecule has 1 aromatic carbocycles. The van der Waals surface area contributed by atoms with Crippen LogP contribution in [0.2, 0.25) is 0 Å². The molecule has 0 bridgehead atoms. The van der Waals surface area contributed by atoms with Crippen LogP contribution in [0.1, 0.15) is 45.1 Å². The van der Waals surface area contributed by atoms with Crippen LogP contribution in [0.5, 0.6) is 0 Å². The first-order valence-corrected chi connectivity index (χ1v) is 9.82. The van der Waals surface area contributed by atoms with E-state index in [1.54, 1.807) is 0 Å². The van der Waals surface area contributed by atoms with Gasteiger partial charge in [0.1, 0.15) is 0 Å². The molecule has 4 nitrogen and oxygen atoms in total. The average molecular weight is 341 g/mol. The van der Waals surface area contributed by atoms with E-state index in [-0.39, 0.29) is 5.41 Å². The molecule has 5 atom stereocenters. The van der Waals surface area contributed by atoms with E-state index < -0.39 is 0 Å². The molecule has 3 fully saturated rings. The molecule has 0 aromatic heterocycles. The Hall–Kier alpha value is -1.55. The summed E-state index contributed by atoms with van der Waals surface area (Å²) in [5, 5.41) is 7.15. The Morgan fingerprint density at radius 3 is 2.84 bits per heavy atom. The highest BCUT2D eigenvalue weighted by Gasteiger charge is 2.59. The molecule has 4 rings (SSSR count). The van der Waals surface area contributed by atoms with Crippen molar-refractivity contribution in [1.82, 2.24) is 10.6 Å². The Labute approximate surface area is 151 Å². The number of ether oxygens (including phenoxy) is 1. The molecular formula is C21H31N3O. The Bertz CT molecular complexity index is 627. The lowest BCUT2D eigenvalue weighted by Gasteiger charge is -2.54. The summed E-state index contributed by atoms with van der Waals surface area (Å²) in [6.45, 7) is 9.48. The molecule has 0 radical (unpaired) electrons. The van der Waals surface area contributed by atoms with Gasteiger partial charge in [-0.05, 0) is 37.2 Å². The summed E-state index contributed by atoms with van der Waals surface area (Å²) < 4.78 is 5.91. The lowest BCUT2D eigenvalue weighted by molar-refractivity contribution is -0.106. The van der Waals surface area contributed by atoms with Crippen LogP contribution in [0, 0.1) is 17.3 Å². The zero-order valence-electron chi connectivity index (χ0n) is 15.7. The Morgan fingerprint density at radius 2 is 2.08 bits per heavy atom. The number of aliphatic imine (C=N–C) groups is 1. The number of hydrogen-bond donors (Lipinski definition) is 2. The van der Waals surface area contributed by atoms with Gasteiger partial charge in [-0.2, -0.15) is 0 Å². The number of fused-ring (bicyclic) bond motifs is 1. The fraction of sp³-hybridized carbons (Fsp3) is 0.667. The van der Waals surface area contributed by atoms with Crippen LogP contribution in [-0.4, -0.2) is 37.8 Å². The Morgan fingerprint density at radius 1 is 1.28 bits per heavy atom. The van der Waals surface area contributed by atoms with Crippen molar-refractivity contribution in [3.8, 4) is 0 Å². The van der Waals surface area contributed by atoms with Crippen molar-refractivity contribution in [3.63, 3.8) is 0 Å². The molecule has 1 saturated heterocycles. The minimum absolute atomic E-state index is 0.184. The standard InChI is InChI=1S/C21H31N3O/c1-4-22-20(24-18-16-10-11-25-19(16)21(18,2)3)23-13-15-12-17(15)14-8-6-5-7-9-14/h5-9,15-19H,4,10-13H2,1-3H3,(H2,22,23,24). The second kappa shape index (κ2) is 6.64. The van der Waals surface area contributed by atoms with E-state index in [0.717, 1.165) is 25.7 Å². The quantitative estimate of drug-likeness (QED) is 0.639. The highest BCUT2D eigenvalue weighted by Crippen LogP contribution is 2.52. The molecular weight excluding hydrogens is 310 g/mol. The van der Waals surface area contributed by atoms with Crippen LogP contribution < -0.4 is 10.6 Å². The topological polar surface area (TPSA) is 45.7 Å². The second-order valence-corrected chi connectivity index (χ2v) is 8.42. The summed E-state index contributed by atoms with van der Waals surface area (Å²) in [6.07, 6.45) is 2.85. The molecule has 136 valence electrons. The van der Waals surface area contributed by atoms with Gasteiger partial charge in [0, 0.05) is 37.1 Å². The van der Waals surface area contributed by atoms with E-state index in [0.29, 0.717) is 29.9 Å². The first kappa shape index (κ1) is 16.9. The predicted octanol–water partition coefficient (Wildman–Crippen LogP) is 3.16. The van der Waals surface area contributed by atoms with Gasteiger partial charge < -0.3 is 15.4 Å². The molecule has 2 aliphatic carbocycles. The molecule has 4 heteroatoms. The summed E-state index contributed by atoms with van der Waals surface area (Å²) in [5.41, 5.74) is 1.65. The van der Waals surface area contributed by atoms with Gasteiger partial charge in [-0.3, -0.25) is 4.99 Å². The van der Waals surface area contributed by atoms with Gasteiger partial charge in [0.2, 0.25) is 0 Å². The van der Waals surface area contributed by atoms with Crippen LogP contribution in [0.4, 0.5) is 0 Å². The van der Waals surface area contributed by atoms with Gasteiger partial charge in [0.15, 0.2) is 5.96 Å². The first-order chi connectivity index (χ1) is 12.1. The fourth-order valence-electron chi connectivity index (χ4n) is 4.85. The maximum absolute atomic E-state index is 5.91. The van der Waals surface area contributed by atoms with Gasteiger partial charge in [-0.25, -0.2) is 0 Å². The summed E-state index contributed by atoms with van der Waals surface area (Å²) >= 11 is 0. The summed E-state index contributed by atoms with van der Waals surface area (Å²) in [4.78, 5) is 4.91. The van der Waals surface area contributed by atoms with E-state index >= 15 is 0 Å². The molecule has 1 aromatic rings. The van der Waals surface area contributed by atoms with E-state index in [9.17, 15) is 0 Å². The van der Waals surface area contributed by atoms with Crippen LogP contribution in [0.15, 0.2) is 35.3 Å². The molecule has 0 spiro atoms. The van der Waals surface area contributed by atoms with Crippen molar-refractivity contribution in [3.05, 3.63) is 35.9 Å². The zero-order chi connectivity index (χ0) is 17.4. The SMILES string of the molecule is CCNC(=NCC1CC1c1ccccc1)NC1C2CCOC2C1(C)C. The normalized spacial score (nSPS) is 35.6. The number of hydrogen-bond acceptors (Lipinski definition) is 2. The monoisotopic (exact) mass is 341 g/mol. The molecule has 2 saturated carbocycles. The largest absolute Gasteiger partial charge is 0.377 e. The summed E-state index contributed by atoms with van der Waals surface area (Å²) in [5.74, 6) is 3.00. The maximum Gasteiger partial charge on any atom is 0.191 e. The maximum atomic E-state index is 5.91. The van der Waals surface area contributed by atoms with Crippen molar-refractivity contribution in [2.75, 3.05) is 19.7 Å². The molecule has 2 N–H and O–H groups in total. The zero-order valence-corrected chi connectivity index (χ0v) is 15.7. The summed E-state index contributed by atoms with van der Waals surface area (Å²) in [7, 11) is 0. The average Bonchev–Trinajstić information content (AvgIpc) is 3.25. The molecule has 1 aliphatic heterocycles.